The van der Waals surface area contributed by atoms with E-state index in [4.69, 9.17) is 15.9 Å². The molecular formula is C18H32N4O8S. The predicted octanol–water partition coefficient (Wildman–Crippen LogP) is -1.88. The molecule has 0 aromatic carbocycles. The first kappa shape index (κ1) is 28.6. The van der Waals surface area contributed by atoms with Crippen LogP contribution in [0.5, 0.6) is 0 Å². The van der Waals surface area contributed by atoms with Gasteiger partial charge in [-0.3, -0.25) is 19.2 Å². The average molecular weight is 465 g/mol. The zero-order chi connectivity index (χ0) is 24.1. The molecule has 0 aliphatic heterocycles. The normalized spacial score (nSPS) is 14.8. The minimum atomic E-state index is -1.51. The van der Waals surface area contributed by atoms with Crippen molar-refractivity contribution in [2.45, 2.75) is 57.3 Å². The van der Waals surface area contributed by atoms with Crippen LogP contribution in [0, 0.1) is 5.92 Å². The van der Waals surface area contributed by atoms with Crippen molar-refractivity contribution in [1.29, 1.82) is 0 Å². The molecule has 8 N–H and O–H groups in total. The number of hydrogen-bond donors (Lipinski definition) is 7. The van der Waals surface area contributed by atoms with Gasteiger partial charge >= 0.3 is 11.9 Å². The molecule has 0 radical (unpaired) electrons. The Labute approximate surface area is 184 Å². The summed E-state index contributed by atoms with van der Waals surface area (Å²) in [7, 11) is 0. The molecule has 4 unspecified atom stereocenters. The molecule has 4 atom stereocenters. The number of aliphatic carboxylic acids is 2. The molecule has 3 amide bonds. The third kappa shape index (κ3) is 11.0. The fraction of sp³-hybridized carbons (Fsp3) is 0.722. The summed E-state index contributed by atoms with van der Waals surface area (Å²) >= 11 is 1.44. The van der Waals surface area contributed by atoms with E-state index in [0.29, 0.717) is 5.75 Å². The number of carboxylic acids is 2. The van der Waals surface area contributed by atoms with Gasteiger partial charge in [-0.25, -0.2) is 4.79 Å². The SMILES string of the molecule is CSCCC(NC(=O)C(N)C(C)C)C(=O)NC(CO)C(=O)NC(CCC(=O)O)C(=O)O. The summed E-state index contributed by atoms with van der Waals surface area (Å²) in [6, 6.07) is -4.86. The highest BCUT2D eigenvalue weighted by molar-refractivity contribution is 7.98. The van der Waals surface area contributed by atoms with Crippen LogP contribution < -0.4 is 21.7 Å². The first-order valence-corrected chi connectivity index (χ1v) is 11.0. The Bertz CT molecular complexity index is 646. The van der Waals surface area contributed by atoms with E-state index in [1.54, 1.807) is 13.8 Å². The van der Waals surface area contributed by atoms with Crippen molar-refractivity contribution >= 4 is 41.4 Å². The number of nitrogens with one attached hydrogen (secondary N) is 3. The van der Waals surface area contributed by atoms with E-state index >= 15 is 0 Å². The Kier molecular flexibility index (Phi) is 13.5. The minimum Gasteiger partial charge on any atom is -0.481 e. The summed E-state index contributed by atoms with van der Waals surface area (Å²) in [5.41, 5.74) is 5.80. The van der Waals surface area contributed by atoms with Crippen LogP contribution in [-0.4, -0.2) is 87.8 Å². The Morgan fingerprint density at radius 1 is 0.871 bits per heavy atom. The molecule has 0 heterocycles. The van der Waals surface area contributed by atoms with E-state index in [1.165, 1.54) is 11.8 Å². The number of hydrogen-bond acceptors (Lipinski definition) is 8. The number of amides is 3. The lowest BCUT2D eigenvalue weighted by Gasteiger charge is -2.24. The first-order valence-electron chi connectivity index (χ1n) is 9.65. The molecule has 0 aromatic rings. The maximum atomic E-state index is 12.6. The first-order chi connectivity index (χ1) is 14.4. The van der Waals surface area contributed by atoms with Crippen molar-refractivity contribution in [2.75, 3.05) is 18.6 Å². The molecule has 0 saturated carbocycles. The van der Waals surface area contributed by atoms with Crippen LogP contribution in [0.2, 0.25) is 0 Å². The fourth-order valence-electron chi connectivity index (χ4n) is 2.34. The van der Waals surface area contributed by atoms with E-state index in [2.05, 4.69) is 16.0 Å². The number of carboxylic acid groups (broad SMARTS) is 2. The van der Waals surface area contributed by atoms with Crippen molar-refractivity contribution in [2.24, 2.45) is 11.7 Å². The number of nitrogens with two attached hydrogens (primary N) is 1. The second kappa shape index (κ2) is 14.6. The monoisotopic (exact) mass is 464 g/mol. The standard InChI is InChI=1S/C18H32N4O8S/c1-9(2)14(19)17(28)20-10(6-7-31-3)15(26)22-12(8-23)16(27)21-11(18(29)30)4-5-13(24)25/h9-12,14,23H,4-8,19H2,1-3H3,(H,20,28)(H,21,27)(H,22,26)(H,24,25)(H,29,30). The fourth-order valence-corrected chi connectivity index (χ4v) is 2.81. The van der Waals surface area contributed by atoms with Crippen LogP contribution in [0.3, 0.4) is 0 Å². The summed E-state index contributed by atoms with van der Waals surface area (Å²) in [5, 5.41) is 34.2. The summed E-state index contributed by atoms with van der Waals surface area (Å²) < 4.78 is 0. The molecule has 0 rings (SSSR count). The zero-order valence-corrected chi connectivity index (χ0v) is 18.6. The number of thioether (sulfide) groups is 1. The molecule has 0 aliphatic carbocycles. The lowest BCUT2D eigenvalue weighted by atomic mass is 10.0. The second-order valence-corrected chi connectivity index (χ2v) is 8.17. The molecule has 0 fully saturated rings. The van der Waals surface area contributed by atoms with Gasteiger partial charge in [0.1, 0.15) is 18.1 Å². The molecule has 0 spiro atoms. The van der Waals surface area contributed by atoms with E-state index < -0.39 is 66.9 Å². The quantitative estimate of drug-likeness (QED) is 0.143. The van der Waals surface area contributed by atoms with Gasteiger partial charge in [0.2, 0.25) is 17.7 Å². The zero-order valence-electron chi connectivity index (χ0n) is 17.8. The number of carbonyl (C=O) groups excluding carboxylic acids is 3. The smallest absolute Gasteiger partial charge is 0.326 e. The van der Waals surface area contributed by atoms with Gasteiger partial charge in [0, 0.05) is 6.42 Å². The van der Waals surface area contributed by atoms with Crippen LogP contribution in [0.15, 0.2) is 0 Å². The van der Waals surface area contributed by atoms with Crippen molar-refractivity contribution in [3.8, 4) is 0 Å². The average Bonchev–Trinajstić information content (AvgIpc) is 2.70. The third-order valence-corrected chi connectivity index (χ3v) is 4.99. The van der Waals surface area contributed by atoms with Crippen molar-refractivity contribution < 1.29 is 39.3 Å². The molecule has 178 valence electrons. The van der Waals surface area contributed by atoms with Crippen molar-refractivity contribution in [1.82, 2.24) is 16.0 Å². The lowest BCUT2D eigenvalue weighted by molar-refractivity contribution is -0.143. The Morgan fingerprint density at radius 2 is 1.39 bits per heavy atom. The number of rotatable bonds is 15. The van der Waals surface area contributed by atoms with Gasteiger partial charge in [-0.15, -0.1) is 0 Å². The Morgan fingerprint density at radius 3 is 1.84 bits per heavy atom. The van der Waals surface area contributed by atoms with Crippen LogP contribution in [0.4, 0.5) is 0 Å². The van der Waals surface area contributed by atoms with Gasteiger partial charge < -0.3 is 37.0 Å². The van der Waals surface area contributed by atoms with Gasteiger partial charge in [-0.1, -0.05) is 13.8 Å². The van der Waals surface area contributed by atoms with Crippen LogP contribution in [-0.2, 0) is 24.0 Å². The summed E-state index contributed by atoms with van der Waals surface area (Å²) in [6.07, 6.45) is 1.18. The number of carbonyl (C=O) groups is 5. The van der Waals surface area contributed by atoms with Gasteiger partial charge in [-0.05, 0) is 30.8 Å². The molecule has 12 nitrogen and oxygen atoms in total. The molecule has 0 saturated heterocycles. The Balaban J connectivity index is 5.19. The van der Waals surface area contributed by atoms with Gasteiger partial charge in [-0.2, -0.15) is 11.8 Å². The maximum Gasteiger partial charge on any atom is 0.326 e. The van der Waals surface area contributed by atoms with Crippen LogP contribution in [0.1, 0.15) is 33.1 Å². The van der Waals surface area contributed by atoms with Gasteiger partial charge in [0.25, 0.3) is 0 Å². The third-order valence-electron chi connectivity index (χ3n) is 4.34. The highest BCUT2D eigenvalue weighted by Crippen LogP contribution is 2.05. The molecule has 0 aromatic heterocycles. The predicted molar refractivity (Wildman–Crippen MR) is 113 cm³/mol. The molecule has 13 heteroatoms. The van der Waals surface area contributed by atoms with Crippen LogP contribution >= 0.6 is 11.8 Å². The van der Waals surface area contributed by atoms with Crippen molar-refractivity contribution in [3.63, 3.8) is 0 Å². The summed E-state index contributed by atoms with van der Waals surface area (Å²) in [6.45, 7) is 2.66. The van der Waals surface area contributed by atoms with E-state index in [9.17, 15) is 29.1 Å². The second-order valence-electron chi connectivity index (χ2n) is 7.19. The molecule has 0 bridgehead atoms. The molecule has 0 aliphatic rings. The maximum absolute atomic E-state index is 12.6. The van der Waals surface area contributed by atoms with E-state index in [-0.39, 0.29) is 18.8 Å². The highest BCUT2D eigenvalue weighted by atomic mass is 32.2. The van der Waals surface area contributed by atoms with Crippen LogP contribution in [0.25, 0.3) is 0 Å². The van der Waals surface area contributed by atoms with E-state index in [1.807, 2.05) is 6.26 Å². The van der Waals surface area contributed by atoms with Crippen molar-refractivity contribution in [3.05, 3.63) is 0 Å². The number of aliphatic hydroxyl groups is 1. The lowest BCUT2D eigenvalue weighted by Crippen LogP contribution is -2.58. The minimum absolute atomic E-state index is 0.168. The summed E-state index contributed by atoms with van der Waals surface area (Å²) in [5.74, 6) is -4.63. The molecular weight excluding hydrogens is 432 g/mol. The topological polar surface area (TPSA) is 208 Å². The molecule has 31 heavy (non-hydrogen) atoms. The number of aliphatic hydroxyl groups excluding tert-OH is 1. The van der Waals surface area contributed by atoms with E-state index in [0.717, 1.165) is 0 Å². The highest BCUT2D eigenvalue weighted by Gasteiger charge is 2.30. The van der Waals surface area contributed by atoms with Gasteiger partial charge in [0.05, 0.1) is 12.6 Å². The summed E-state index contributed by atoms with van der Waals surface area (Å²) in [4.78, 5) is 59.0. The Hall–Kier alpha value is -2.38. The largest absolute Gasteiger partial charge is 0.481 e. The van der Waals surface area contributed by atoms with Gasteiger partial charge in [0.15, 0.2) is 0 Å².